The van der Waals surface area contributed by atoms with Gasteiger partial charge in [0.1, 0.15) is 0 Å². The van der Waals surface area contributed by atoms with Crippen molar-refractivity contribution in [2.24, 2.45) is 0 Å². The minimum Gasteiger partial charge on any atom is -0.376 e. The van der Waals surface area contributed by atoms with E-state index in [1.165, 1.54) is 10.6 Å². The molecular weight excluding hydrogens is 316 g/mol. The second-order valence-corrected chi connectivity index (χ2v) is 8.18. The van der Waals surface area contributed by atoms with Crippen LogP contribution in [0.15, 0.2) is 16.6 Å². The summed E-state index contributed by atoms with van der Waals surface area (Å²) in [5.41, 5.74) is 2.27. The first-order valence-electron chi connectivity index (χ1n) is 5.66. The zero-order valence-corrected chi connectivity index (χ0v) is 13.3. The molecule has 0 aromatic heterocycles. The van der Waals surface area contributed by atoms with E-state index in [4.69, 9.17) is 0 Å². The summed E-state index contributed by atoms with van der Waals surface area (Å²) in [6.45, 7) is 6.35. The number of hydrogen-bond donors (Lipinski definition) is 1. The van der Waals surface area contributed by atoms with Crippen molar-refractivity contribution in [1.82, 2.24) is 0 Å². The molecule has 1 aromatic rings. The maximum Gasteiger partial charge on any atom is 0.232 e. The van der Waals surface area contributed by atoms with Crippen molar-refractivity contribution in [2.45, 2.75) is 26.3 Å². The van der Waals surface area contributed by atoms with Crippen molar-refractivity contribution in [3.05, 3.63) is 22.2 Å². The standard InChI is InChI=1S/C12H17BrN2O2S/c1-8-5-9(13)11-10(6-8)15(18(4,16)17)7-12(2,3)14-11/h5-6,14H,7H2,1-4H3. The average molecular weight is 333 g/mol. The van der Waals surface area contributed by atoms with Gasteiger partial charge in [-0.15, -0.1) is 0 Å². The van der Waals surface area contributed by atoms with Crippen molar-refractivity contribution < 1.29 is 8.42 Å². The van der Waals surface area contributed by atoms with Crippen LogP contribution in [0.3, 0.4) is 0 Å². The largest absolute Gasteiger partial charge is 0.376 e. The van der Waals surface area contributed by atoms with E-state index >= 15 is 0 Å². The molecule has 0 bridgehead atoms. The molecule has 1 N–H and O–H groups in total. The second-order valence-electron chi connectivity index (χ2n) is 5.42. The number of hydrogen-bond acceptors (Lipinski definition) is 3. The van der Waals surface area contributed by atoms with Crippen LogP contribution in [-0.4, -0.2) is 26.8 Å². The molecule has 100 valence electrons. The molecule has 1 heterocycles. The maximum atomic E-state index is 11.9. The molecule has 1 aromatic carbocycles. The normalized spacial score (nSPS) is 18.2. The van der Waals surface area contributed by atoms with E-state index in [0.29, 0.717) is 12.2 Å². The van der Waals surface area contributed by atoms with Crippen molar-refractivity contribution >= 4 is 37.3 Å². The molecule has 0 radical (unpaired) electrons. The van der Waals surface area contributed by atoms with Gasteiger partial charge in [0.25, 0.3) is 0 Å². The third kappa shape index (κ3) is 2.49. The molecule has 1 aliphatic heterocycles. The predicted octanol–water partition coefficient (Wildman–Crippen LogP) is 2.73. The lowest BCUT2D eigenvalue weighted by Crippen LogP contribution is -2.50. The van der Waals surface area contributed by atoms with Crippen LogP contribution >= 0.6 is 15.9 Å². The molecule has 2 rings (SSSR count). The van der Waals surface area contributed by atoms with E-state index in [1.807, 2.05) is 32.9 Å². The number of sulfonamides is 1. The highest BCUT2D eigenvalue weighted by Gasteiger charge is 2.35. The zero-order chi connectivity index (χ0) is 13.7. The molecule has 18 heavy (non-hydrogen) atoms. The fourth-order valence-corrected chi connectivity index (χ4v) is 3.88. The predicted molar refractivity (Wildman–Crippen MR) is 78.8 cm³/mol. The molecule has 0 amide bonds. The minimum absolute atomic E-state index is 0.298. The van der Waals surface area contributed by atoms with Crippen molar-refractivity contribution in [3.8, 4) is 0 Å². The van der Waals surface area contributed by atoms with Gasteiger partial charge in [-0.2, -0.15) is 0 Å². The second kappa shape index (κ2) is 4.13. The smallest absolute Gasteiger partial charge is 0.232 e. The van der Waals surface area contributed by atoms with Crippen LogP contribution in [0.5, 0.6) is 0 Å². The highest BCUT2D eigenvalue weighted by molar-refractivity contribution is 9.10. The number of rotatable bonds is 1. The quantitative estimate of drug-likeness (QED) is 0.860. The Balaban J connectivity index is 2.69. The Morgan fingerprint density at radius 1 is 1.39 bits per heavy atom. The first-order chi connectivity index (χ1) is 8.10. The van der Waals surface area contributed by atoms with Crippen LogP contribution in [0.4, 0.5) is 11.4 Å². The van der Waals surface area contributed by atoms with Crippen LogP contribution in [0.2, 0.25) is 0 Å². The number of nitrogens with zero attached hydrogens (tertiary/aromatic N) is 1. The van der Waals surface area contributed by atoms with Gasteiger partial charge in [-0.1, -0.05) is 0 Å². The van der Waals surface area contributed by atoms with Crippen molar-refractivity contribution in [1.29, 1.82) is 0 Å². The van der Waals surface area contributed by atoms with E-state index < -0.39 is 10.0 Å². The van der Waals surface area contributed by atoms with E-state index in [1.54, 1.807) is 0 Å². The Kier molecular flexibility index (Phi) is 3.14. The molecule has 0 unspecified atom stereocenters. The summed E-state index contributed by atoms with van der Waals surface area (Å²) >= 11 is 3.49. The van der Waals surface area contributed by atoms with Crippen LogP contribution in [-0.2, 0) is 10.0 Å². The minimum atomic E-state index is -3.27. The summed E-state index contributed by atoms with van der Waals surface area (Å²) < 4.78 is 26.2. The fraction of sp³-hybridized carbons (Fsp3) is 0.500. The van der Waals surface area contributed by atoms with E-state index in [0.717, 1.165) is 15.7 Å². The lowest BCUT2D eigenvalue weighted by Gasteiger charge is -2.41. The molecule has 0 spiro atoms. The highest BCUT2D eigenvalue weighted by atomic mass is 79.9. The molecule has 0 atom stereocenters. The Bertz CT molecular complexity index is 596. The Morgan fingerprint density at radius 3 is 2.56 bits per heavy atom. The van der Waals surface area contributed by atoms with Crippen LogP contribution in [0.25, 0.3) is 0 Å². The maximum absolute atomic E-state index is 11.9. The van der Waals surface area contributed by atoms with Gasteiger partial charge in [0.05, 0.1) is 29.7 Å². The SMILES string of the molecule is Cc1cc(Br)c2c(c1)N(S(C)(=O)=O)CC(C)(C)N2. The molecular formula is C12H17BrN2O2S. The van der Waals surface area contributed by atoms with Gasteiger partial charge in [-0.3, -0.25) is 4.31 Å². The summed E-state index contributed by atoms with van der Waals surface area (Å²) in [6.07, 6.45) is 1.24. The lowest BCUT2D eigenvalue weighted by molar-refractivity contribution is 0.546. The van der Waals surface area contributed by atoms with Gasteiger partial charge in [0.2, 0.25) is 10.0 Å². The van der Waals surface area contributed by atoms with E-state index in [2.05, 4.69) is 21.2 Å². The molecule has 0 aliphatic carbocycles. The van der Waals surface area contributed by atoms with Crippen molar-refractivity contribution in [3.63, 3.8) is 0 Å². The van der Waals surface area contributed by atoms with Crippen molar-refractivity contribution in [2.75, 3.05) is 22.4 Å². The number of benzene rings is 1. The van der Waals surface area contributed by atoms with E-state index in [9.17, 15) is 8.42 Å². The molecule has 6 heteroatoms. The number of aryl methyl sites for hydroxylation is 1. The number of halogens is 1. The van der Waals surface area contributed by atoms with Gasteiger partial charge in [0, 0.05) is 4.47 Å². The summed E-state index contributed by atoms with van der Waals surface area (Å²) in [5.74, 6) is 0. The van der Waals surface area contributed by atoms with Gasteiger partial charge >= 0.3 is 0 Å². The first kappa shape index (κ1) is 13.7. The van der Waals surface area contributed by atoms with Crippen LogP contribution < -0.4 is 9.62 Å². The van der Waals surface area contributed by atoms with E-state index in [-0.39, 0.29) is 5.54 Å². The molecule has 0 saturated heterocycles. The molecule has 4 nitrogen and oxygen atoms in total. The number of fused-ring (bicyclic) bond motifs is 1. The Morgan fingerprint density at radius 2 is 2.00 bits per heavy atom. The number of anilines is 2. The monoisotopic (exact) mass is 332 g/mol. The van der Waals surface area contributed by atoms with Gasteiger partial charge in [-0.25, -0.2) is 8.42 Å². The summed E-state index contributed by atoms with van der Waals surface area (Å²) in [6, 6.07) is 3.87. The Labute approximate surface area is 117 Å². The van der Waals surface area contributed by atoms with Crippen LogP contribution in [0, 0.1) is 6.92 Å². The topological polar surface area (TPSA) is 49.4 Å². The summed E-state index contributed by atoms with van der Waals surface area (Å²) in [7, 11) is -3.27. The Hall–Kier alpha value is -0.750. The highest BCUT2D eigenvalue weighted by Crippen LogP contribution is 2.41. The summed E-state index contributed by atoms with van der Waals surface area (Å²) in [4.78, 5) is 0. The zero-order valence-electron chi connectivity index (χ0n) is 10.9. The lowest BCUT2D eigenvalue weighted by atomic mass is 10.0. The molecule has 0 saturated carbocycles. The molecule has 1 aliphatic rings. The molecule has 0 fully saturated rings. The average Bonchev–Trinajstić information content (AvgIpc) is 2.16. The third-order valence-electron chi connectivity index (χ3n) is 2.89. The summed E-state index contributed by atoms with van der Waals surface area (Å²) in [5, 5.41) is 3.38. The third-order valence-corrected chi connectivity index (χ3v) is 4.64. The van der Waals surface area contributed by atoms with Crippen LogP contribution in [0.1, 0.15) is 19.4 Å². The van der Waals surface area contributed by atoms with Gasteiger partial charge in [-0.05, 0) is 54.4 Å². The number of nitrogens with one attached hydrogen (secondary N) is 1. The van der Waals surface area contributed by atoms with Gasteiger partial charge < -0.3 is 5.32 Å². The fourth-order valence-electron chi connectivity index (χ4n) is 2.16. The first-order valence-corrected chi connectivity index (χ1v) is 8.30. The van der Waals surface area contributed by atoms with Gasteiger partial charge in [0.15, 0.2) is 0 Å².